The lowest BCUT2D eigenvalue weighted by atomic mass is 9.80. The topological polar surface area (TPSA) is 78.5 Å². The number of nitrogens with zero attached hydrogens (tertiary/aromatic N) is 1. The molecule has 170 valence electrons. The van der Waals surface area contributed by atoms with E-state index in [1.807, 2.05) is 13.8 Å². The van der Waals surface area contributed by atoms with E-state index in [0.717, 1.165) is 37.7 Å². The standard InChI is InChI=1S/C24H34FN3O3/c1-15(2)23(30)22(16-7-5-4-6-8-16)27-24(31)19-11-17(9-10-20(19)25)18-13-28(14-18)21(29)12-26-3/h9-11,15-16,18,22,26H,4-8,12-14H2,1-3H3,(H,27,31)/t22-/m1/s1. The van der Waals surface area contributed by atoms with Crippen LogP contribution >= 0.6 is 0 Å². The second-order valence-corrected chi connectivity index (χ2v) is 9.17. The Morgan fingerprint density at radius 3 is 2.42 bits per heavy atom. The van der Waals surface area contributed by atoms with Crippen LogP contribution < -0.4 is 10.6 Å². The number of amides is 2. The molecule has 2 fully saturated rings. The van der Waals surface area contributed by atoms with Crippen molar-refractivity contribution < 1.29 is 18.8 Å². The van der Waals surface area contributed by atoms with Gasteiger partial charge in [0.2, 0.25) is 5.91 Å². The number of halogens is 1. The number of hydrogen-bond donors (Lipinski definition) is 2. The van der Waals surface area contributed by atoms with Gasteiger partial charge in [0.05, 0.1) is 18.2 Å². The highest BCUT2D eigenvalue weighted by Gasteiger charge is 2.34. The van der Waals surface area contributed by atoms with E-state index in [1.54, 1.807) is 24.1 Å². The van der Waals surface area contributed by atoms with Gasteiger partial charge < -0.3 is 15.5 Å². The second-order valence-electron chi connectivity index (χ2n) is 9.17. The van der Waals surface area contributed by atoms with Crippen LogP contribution in [0.4, 0.5) is 4.39 Å². The zero-order valence-electron chi connectivity index (χ0n) is 18.7. The minimum absolute atomic E-state index is 0.00879. The fraction of sp³-hybridized carbons (Fsp3) is 0.625. The SMILES string of the molecule is CNCC(=O)N1CC(c2ccc(F)c(C(=O)N[C@@H](C(=O)C(C)C)C3CCCCC3)c2)C1. The molecule has 2 aliphatic rings. The third-order valence-electron chi connectivity index (χ3n) is 6.55. The normalized spacial score (nSPS) is 18.5. The summed E-state index contributed by atoms with van der Waals surface area (Å²) in [5, 5.41) is 5.71. The van der Waals surface area contributed by atoms with Crippen LogP contribution in [-0.4, -0.2) is 55.2 Å². The van der Waals surface area contributed by atoms with Crippen molar-refractivity contribution in [3.63, 3.8) is 0 Å². The maximum Gasteiger partial charge on any atom is 0.254 e. The van der Waals surface area contributed by atoms with Crippen molar-refractivity contribution >= 4 is 17.6 Å². The van der Waals surface area contributed by atoms with E-state index in [0.29, 0.717) is 13.1 Å². The minimum Gasteiger partial charge on any atom is -0.342 e. The molecule has 7 heteroatoms. The molecule has 0 spiro atoms. The number of likely N-dealkylation sites (N-methyl/N-ethyl adjacent to an activating group) is 1. The Morgan fingerprint density at radius 1 is 1.13 bits per heavy atom. The van der Waals surface area contributed by atoms with Crippen molar-refractivity contribution in [2.45, 2.75) is 57.9 Å². The number of carbonyl (C=O) groups excluding carboxylic acids is 3. The monoisotopic (exact) mass is 431 g/mol. The molecule has 2 N–H and O–H groups in total. The maximum atomic E-state index is 14.5. The van der Waals surface area contributed by atoms with E-state index in [-0.39, 0.29) is 41.6 Å². The summed E-state index contributed by atoms with van der Waals surface area (Å²) in [7, 11) is 1.73. The lowest BCUT2D eigenvalue weighted by Crippen LogP contribution is -2.51. The lowest BCUT2D eigenvalue weighted by molar-refractivity contribution is -0.134. The van der Waals surface area contributed by atoms with Crippen LogP contribution in [0.25, 0.3) is 0 Å². The number of ketones is 1. The van der Waals surface area contributed by atoms with Crippen molar-refractivity contribution in [3.8, 4) is 0 Å². The summed E-state index contributed by atoms with van der Waals surface area (Å²) in [6, 6.07) is 3.98. The minimum atomic E-state index is -0.594. The largest absolute Gasteiger partial charge is 0.342 e. The van der Waals surface area contributed by atoms with Crippen LogP contribution in [0.3, 0.4) is 0 Å². The smallest absolute Gasteiger partial charge is 0.254 e. The van der Waals surface area contributed by atoms with E-state index < -0.39 is 17.8 Å². The Bertz CT molecular complexity index is 814. The van der Waals surface area contributed by atoms with Crippen LogP contribution in [-0.2, 0) is 9.59 Å². The Morgan fingerprint density at radius 2 is 1.81 bits per heavy atom. The second kappa shape index (κ2) is 10.4. The Labute approximate surface area is 183 Å². The summed E-state index contributed by atoms with van der Waals surface area (Å²) in [4.78, 5) is 39.5. The average molecular weight is 432 g/mol. The molecule has 1 aliphatic carbocycles. The first-order valence-electron chi connectivity index (χ1n) is 11.4. The quantitative estimate of drug-likeness (QED) is 0.664. The summed E-state index contributed by atoms with van der Waals surface area (Å²) in [5.41, 5.74) is 0.805. The van der Waals surface area contributed by atoms with Gasteiger partial charge in [-0.25, -0.2) is 4.39 Å². The first-order valence-corrected chi connectivity index (χ1v) is 11.4. The van der Waals surface area contributed by atoms with Gasteiger partial charge in [0.15, 0.2) is 5.78 Å². The number of Topliss-reactive ketones (excluding diaryl/α,β-unsaturated/α-hetero) is 1. The number of carbonyl (C=O) groups is 3. The highest BCUT2D eigenvalue weighted by atomic mass is 19.1. The van der Waals surface area contributed by atoms with E-state index in [1.165, 1.54) is 6.07 Å². The van der Waals surface area contributed by atoms with Gasteiger partial charge in [-0.1, -0.05) is 39.2 Å². The van der Waals surface area contributed by atoms with Gasteiger partial charge in [-0.05, 0) is 43.5 Å². The van der Waals surface area contributed by atoms with Crippen molar-refractivity contribution in [1.82, 2.24) is 15.5 Å². The molecule has 0 bridgehead atoms. The van der Waals surface area contributed by atoms with Crippen molar-refractivity contribution in [3.05, 3.63) is 35.1 Å². The van der Waals surface area contributed by atoms with Gasteiger partial charge in [0, 0.05) is 24.9 Å². The van der Waals surface area contributed by atoms with Crippen molar-refractivity contribution in [2.75, 3.05) is 26.7 Å². The molecular formula is C24H34FN3O3. The van der Waals surface area contributed by atoms with Crippen LogP contribution in [0.5, 0.6) is 0 Å². The maximum absolute atomic E-state index is 14.5. The van der Waals surface area contributed by atoms with Gasteiger partial charge in [-0.3, -0.25) is 14.4 Å². The summed E-state index contributed by atoms with van der Waals surface area (Å²) >= 11 is 0. The lowest BCUT2D eigenvalue weighted by Gasteiger charge is -2.39. The van der Waals surface area contributed by atoms with Gasteiger partial charge in [-0.2, -0.15) is 0 Å². The first-order chi connectivity index (χ1) is 14.8. The Kier molecular flexibility index (Phi) is 7.81. The van der Waals surface area contributed by atoms with Crippen LogP contribution in [0.1, 0.15) is 67.8 Å². The van der Waals surface area contributed by atoms with Gasteiger partial charge in [0.25, 0.3) is 5.91 Å². The highest BCUT2D eigenvalue weighted by Crippen LogP contribution is 2.30. The van der Waals surface area contributed by atoms with Crippen LogP contribution in [0.2, 0.25) is 0 Å². The number of benzene rings is 1. The molecule has 1 aromatic carbocycles. The third-order valence-corrected chi connectivity index (χ3v) is 6.55. The summed E-state index contributed by atoms with van der Waals surface area (Å²) in [5.74, 6) is -1.10. The van der Waals surface area contributed by atoms with E-state index >= 15 is 0 Å². The van der Waals surface area contributed by atoms with E-state index in [9.17, 15) is 18.8 Å². The van der Waals surface area contributed by atoms with Crippen LogP contribution in [0, 0.1) is 17.7 Å². The fourth-order valence-corrected chi connectivity index (χ4v) is 4.59. The molecule has 1 heterocycles. The molecule has 3 rings (SSSR count). The highest BCUT2D eigenvalue weighted by molar-refractivity contribution is 5.98. The molecule has 1 saturated heterocycles. The molecule has 6 nitrogen and oxygen atoms in total. The van der Waals surface area contributed by atoms with Gasteiger partial charge >= 0.3 is 0 Å². The van der Waals surface area contributed by atoms with E-state index in [2.05, 4.69) is 10.6 Å². The zero-order chi connectivity index (χ0) is 22.5. The van der Waals surface area contributed by atoms with Gasteiger partial charge in [-0.15, -0.1) is 0 Å². The summed E-state index contributed by atoms with van der Waals surface area (Å²) in [6.45, 7) is 5.08. The zero-order valence-corrected chi connectivity index (χ0v) is 18.7. The molecule has 1 atom stereocenters. The molecule has 1 aliphatic heterocycles. The number of hydrogen-bond acceptors (Lipinski definition) is 4. The molecule has 2 amide bonds. The van der Waals surface area contributed by atoms with Crippen molar-refractivity contribution in [2.24, 2.45) is 11.8 Å². The molecule has 0 radical (unpaired) electrons. The third kappa shape index (κ3) is 5.50. The average Bonchev–Trinajstić information content (AvgIpc) is 2.72. The van der Waals surface area contributed by atoms with E-state index in [4.69, 9.17) is 0 Å². The number of rotatable bonds is 8. The molecule has 31 heavy (non-hydrogen) atoms. The van der Waals surface area contributed by atoms with Crippen molar-refractivity contribution in [1.29, 1.82) is 0 Å². The molecule has 0 aromatic heterocycles. The Hall–Kier alpha value is -2.28. The predicted octanol–water partition coefficient (Wildman–Crippen LogP) is 2.87. The Balaban J connectivity index is 1.72. The summed E-state index contributed by atoms with van der Waals surface area (Å²) in [6.07, 6.45) is 5.07. The molecule has 0 unspecified atom stereocenters. The molecule has 1 aromatic rings. The first kappa shape index (κ1) is 23.4. The summed E-state index contributed by atoms with van der Waals surface area (Å²) < 4.78 is 14.5. The molecule has 1 saturated carbocycles. The molecular weight excluding hydrogens is 397 g/mol. The fourth-order valence-electron chi connectivity index (χ4n) is 4.59. The number of nitrogens with one attached hydrogen (secondary N) is 2. The van der Waals surface area contributed by atoms with Gasteiger partial charge in [0.1, 0.15) is 5.82 Å². The number of likely N-dealkylation sites (tertiary alicyclic amines) is 1. The van der Waals surface area contributed by atoms with Crippen LogP contribution in [0.15, 0.2) is 18.2 Å². The predicted molar refractivity (Wildman–Crippen MR) is 117 cm³/mol.